The van der Waals surface area contributed by atoms with E-state index in [-0.39, 0.29) is 12.1 Å². The number of methoxy groups -OCH3 is 1. The van der Waals surface area contributed by atoms with Gasteiger partial charge in [-0.3, -0.25) is 4.79 Å². The second-order valence-electron chi connectivity index (χ2n) is 4.83. The van der Waals surface area contributed by atoms with Crippen molar-refractivity contribution in [3.8, 4) is 0 Å². The number of ether oxygens (including phenoxy) is 2. The van der Waals surface area contributed by atoms with Crippen molar-refractivity contribution in [3.05, 3.63) is 0 Å². The second kappa shape index (κ2) is 5.61. The van der Waals surface area contributed by atoms with Gasteiger partial charge < -0.3 is 19.7 Å². The van der Waals surface area contributed by atoms with Crippen molar-refractivity contribution in [1.82, 2.24) is 0 Å². The molecule has 5 heteroatoms. The number of aliphatic hydroxyl groups is 2. The van der Waals surface area contributed by atoms with Gasteiger partial charge in [0.1, 0.15) is 5.60 Å². The molecule has 0 radical (unpaired) electrons. The molecule has 1 heterocycles. The molecule has 1 aliphatic rings. The van der Waals surface area contributed by atoms with Crippen LogP contribution in [0, 0.1) is 0 Å². The van der Waals surface area contributed by atoms with Gasteiger partial charge in [0.05, 0.1) is 6.10 Å². The summed E-state index contributed by atoms with van der Waals surface area (Å²) in [6, 6.07) is 0. The minimum Gasteiger partial charge on any atom is -0.457 e. The van der Waals surface area contributed by atoms with E-state index in [9.17, 15) is 4.79 Å². The first kappa shape index (κ1) is 15.3. The quantitative estimate of drug-likeness (QED) is 0.519. The molecule has 0 aliphatic carbocycles. The molecule has 0 bridgehead atoms. The Kier molecular flexibility index (Phi) is 5.38. The summed E-state index contributed by atoms with van der Waals surface area (Å²) in [6.45, 7) is 6.34. The van der Waals surface area contributed by atoms with Crippen LogP contribution in [0.4, 0.5) is 0 Å². The van der Waals surface area contributed by atoms with E-state index < -0.39 is 11.4 Å². The number of carbonyl (C=O) groups is 1. The van der Waals surface area contributed by atoms with E-state index >= 15 is 0 Å². The third kappa shape index (κ3) is 6.76. The largest absolute Gasteiger partial charge is 0.457 e. The lowest BCUT2D eigenvalue weighted by atomic mass is 9.94. The fourth-order valence-electron chi connectivity index (χ4n) is 1.41. The molecule has 5 nitrogen and oxygen atoms in total. The Morgan fingerprint density at radius 3 is 2.19 bits per heavy atom. The van der Waals surface area contributed by atoms with E-state index in [0.717, 1.165) is 6.42 Å². The predicted octanol–water partition coefficient (Wildman–Crippen LogP) is 0.824. The summed E-state index contributed by atoms with van der Waals surface area (Å²) in [5.41, 5.74) is -0.454. The molecule has 0 aromatic rings. The van der Waals surface area contributed by atoms with E-state index in [1.807, 2.05) is 13.8 Å². The fourth-order valence-corrected chi connectivity index (χ4v) is 1.41. The maximum atomic E-state index is 10.9. The van der Waals surface area contributed by atoms with Crippen molar-refractivity contribution in [1.29, 1.82) is 0 Å². The molecule has 0 aromatic heterocycles. The number of hydrogen-bond donors (Lipinski definition) is 2. The molecule has 1 unspecified atom stereocenters. The molecule has 0 saturated carbocycles. The highest BCUT2D eigenvalue weighted by molar-refractivity contribution is 5.70. The maximum Gasteiger partial charge on any atom is 0.306 e. The zero-order chi connectivity index (χ0) is 13.0. The Balaban J connectivity index is 0.000000385. The number of cyclic esters (lactones) is 1. The normalized spacial score (nSPS) is 24.2. The van der Waals surface area contributed by atoms with Gasteiger partial charge in [-0.1, -0.05) is 0 Å². The first-order chi connectivity index (χ1) is 7.06. The second-order valence-corrected chi connectivity index (χ2v) is 4.83. The molecule has 1 aliphatic heterocycles. The highest BCUT2D eigenvalue weighted by Crippen LogP contribution is 2.26. The zero-order valence-corrected chi connectivity index (χ0v) is 10.6. The highest BCUT2D eigenvalue weighted by Gasteiger charge is 2.37. The van der Waals surface area contributed by atoms with Gasteiger partial charge in [0.2, 0.25) is 0 Å². The molecule has 0 spiro atoms. The summed E-state index contributed by atoms with van der Waals surface area (Å²) in [4.78, 5) is 10.9. The Morgan fingerprint density at radius 1 is 1.44 bits per heavy atom. The molecule has 0 aromatic carbocycles. The van der Waals surface area contributed by atoms with Crippen LogP contribution in [0.25, 0.3) is 0 Å². The van der Waals surface area contributed by atoms with E-state index in [1.165, 1.54) is 13.8 Å². The summed E-state index contributed by atoms with van der Waals surface area (Å²) < 4.78 is 10.3. The summed E-state index contributed by atoms with van der Waals surface area (Å²) in [6.07, 6.45) is 1.28. The van der Waals surface area contributed by atoms with E-state index in [4.69, 9.17) is 19.7 Å². The lowest BCUT2D eigenvalue weighted by molar-refractivity contribution is -0.182. The van der Waals surface area contributed by atoms with Crippen molar-refractivity contribution in [3.63, 3.8) is 0 Å². The maximum absolute atomic E-state index is 10.9. The third-order valence-electron chi connectivity index (χ3n) is 2.05. The van der Waals surface area contributed by atoms with Gasteiger partial charge in [-0.2, -0.15) is 0 Å². The average Bonchev–Trinajstić information content (AvgIpc) is 1.98. The van der Waals surface area contributed by atoms with Gasteiger partial charge in [0, 0.05) is 13.5 Å². The molecule has 1 fully saturated rings. The van der Waals surface area contributed by atoms with Crippen molar-refractivity contribution < 1.29 is 24.5 Å². The summed E-state index contributed by atoms with van der Waals surface area (Å²) in [5.74, 6) is -1.62. The average molecular weight is 234 g/mol. The molecular formula is C11H22O5. The Morgan fingerprint density at radius 2 is 1.88 bits per heavy atom. The minimum atomic E-state index is -1.50. The van der Waals surface area contributed by atoms with Crippen LogP contribution in [-0.2, 0) is 14.3 Å². The standard InChI is InChI=1S/C8H14O3.C3H8O2/c1-8(2)6(10-3)4-5-7(9)11-8;1-3(2,4)5/h6H,4-5H2,1-3H3;4-5H,1-2H3. The summed E-state index contributed by atoms with van der Waals surface area (Å²) in [5, 5.41) is 16.2. The van der Waals surface area contributed by atoms with Crippen molar-refractivity contribution in [2.75, 3.05) is 7.11 Å². The highest BCUT2D eigenvalue weighted by atomic mass is 16.6. The van der Waals surface area contributed by atoms with Crippen LogP contribution in [0.15, 0.2) is 0 Å². The van der Waals surface area contributed by atoms with Gasteiger partial charge in [0.15, 0.2) is 5.79 Å². The van der Waals surface area contributed by atoms with E-state index in [2.05, 4.69) is 0 Å². The fraction of sp³-hybridized carbons (Fsp3) is 0.909. The van der Waals surface area contributed by atoms with E-state index in [1.54, 1.807) is 7.11 Å². The van der Waals surface area contributed by atoms with Gasteiger partial charge in [-0.05, 0) is 34.1 Å². The molecular weight excluding hydrogens is 212 g/mol. The molecule has 1 rings (SSSR count). The van der Waals surface area contributed by atoms with E-state index in [0.29, 0.717) is 6.42 Å². The lowest BCUT2D eigenvalue weighted by Crippen LogP contribution is -2.46. The van der Waals surface area contributed by atoms with Crippen LogP contribution >= 0.6 is 0 Å². The van der Waals surface area contributed by atoms with Gasteiger partial charge in [-0.25, -0.2) is 0 Å². The van der Waals surface area contributed by atoms with Crippen LogP contribution in [0.3, 0.4) is 0 Å². The predicted molar refractivity (Wildman–Crippen MR) is 58.7 cm³/mol. The number of rotatable bonds is 1. The van der Waals surface area contributed by atoms with Crippen LogP contribution in [0.1, 0.15) is 40.5 Å². The van der Waals surface area contributed by atoms with Crippen molar-refractivity contribution in [2.24, 2.45) is 0 Å². The minimum absolute atomic E-state index is 0.0419. The molecule has 96 valence electrons. The van der Waals surface area contributed by atoms with Crippen LogP contribution in [0.5, 0.6) is 0 Å². The first-order valence-electron chi connectivity index (χ1n) is 5.25. The molecule has 16 heavy (non-hydrogen) atoms. The lowest BCUT2D eigenvalue weighted by Gasteiger charge is -2.36. The number of esters is 1. The summed E-state index contributed by atoms with van der Waals surface area (Å²) in [7, 11) is 1.64. The Labute approximate surface area is 96.4 Å². The Bertz CT molecular complexity index is 223. The molecule has 0 amide bonds. The SMILES string of the molecule is CC(C)(O)O.COC1CCC(=O)OC1(C)C. The van der Waals surface area contributed by atoms with Gasteiger partial charge in [0.25, 0.3) is 0 Å². The number of carbonyl (C=O) groups excluding carboxylic acids is 1. The monoisotopic (exact) mass is 234 g/mol. The van der Waals surface area contributed by atoms with Crippen LogP contribution in [-0.4, -0.2) is 40.8 Å². The van der Waals surface area contributed by atoms with Crippen molar-refractivity contribution in [2.45, 2.75) is 58.0 Å². The van der Waals surface area contributed by atoms with Gasteiger partial charge in [-0.15, -0.1) is 0 Å². The summed E-state index contributed by atoms with van der Waals surface area (Å²) >= 11 is 0. The molecule has 2 N–H and O–H groups in total. The van der Waals surface area contributed by atoms with Crippen LogP contribution in [0.2, 0.25) is 0 Å². The number of hydrogen-bond acceptors (Lipinski definition) is 5. The third-order valence-corrected chi connectivity index (χ3v) is 2.05. The van der Waals surface area contributed by atoms with Crippen LogP contribution < -0.4 is 0 Å². The molecule has 1 saturated heterocycles. The smallest absolute Gasteiger partial charge is 0.306 e. The topological polar surface area (TPSA) is 76.0 Å². The first-order valence-corrected chi connectivity index (χ1v) is 5.25. The van der Waals surface area contributed by atoms with Crippen molar-refractivity contribution >= 4 is 5.97 Å². The molecule has 1 atom stereocenters. The Hall–Kier alpha value is -0.650. The zero-order valence-electron chi connectivity index (χ0n) is 10.6. The van der Waals surface area contributed by atoms with Gasteiger partial charge >= 0.3 is 5.97 Å².